The summed E-state index contributed by atoms with van der Waals surface area (Å²) >= 11 is 0. The van der Waals surface area contributed by atoms with Gasteiger partial charge in [0.1, 0.15) is 5.75 Å². The van der Waals surface area contributed by atoms with Crippen molar-refractivity contribution >= 4 is 5.97 Å². The number of fused-ring (bicyclic) bond motifs is 1. The topological polar surface area (TPSA) is 29.5 Å². The van der Waals surface area contributed by atoms with Gasteiger partial charge in [-0.1, -0.05) is 54.6 Å². The van der Waals surface area contributed by atoms with Crippen LogP contribution in [0.2, 0.25) is 0 Å². The minimum Gasteiger partial charge on any atom is -0.423 e. The van der Waals surface area contributed by atoms with Gasteiger partial charge in [-0.3, -0.25) is 4.90 Å². The van der Waals surface area contributed by atoms with E-state index in [-0.39, 0.29) is 17.7 Å². The van der Waals surface area contributed by atoms with Crippen molar-refractivity contribution in [3.8, 4) is 16.9 Å². The number of nitrogens with zero attached hydrogens (tertiary/aromatic N) is 1. The average molecular weight is 556 g/mol. The Labute approximate surface area is 226 Å². The summed E-state index contributed by atoms with van der Waals surface area (Å²) in [5.41, 5.74) is 1.74. The molecule has 40 heavy (non-hydrogen) atoms. The van der Waals surface area contributed by atoms with Crippen LogP contribution in [-0.4, -0.2) is 17.4 Å². The average Bonchev–Trinajstić information content (AvgIpc) is 2.92. The first-order valence-electron chi connectivity index (χ1n) is 12.5. The first kappa shape index (κ1) is 27.5. The van der Waals surface area contributed by atoms with E-state index in [1.807, 2.05) is 4.90 Å². The normalized spacial score (nSPS) is 14.1. The zero-order valence-corrected chi connectivity index (χ0v) is 21.0. The Morgan fingerprint density at radius 3 is 2.20 bits per heavy atom. The van der Waals surface area contributed by atoms with E-state index in [0.29, 0.717) is 36.4 Å². The summed E-state index contributed by atoms with van der Waals surface area (Å²) < 4.78 is 84.7. The molecule has 0 saturated carbocycles. The van der Waals surface area contributed by atoms with Crippen LogP contribution in [0.1, 0.15) is 38.2 Å². The van der Waals surface area contributed by atoms with E-state index < -0.39 is 29.4 Å². The Morgan fingerprint density at radius 1 is 0.775 bits per heavy atom. The summed E-state index contributed by atoms with van der Waals surface area (Å²) in [6.07, 6.45) is -8.32. The number of alkyl halides is 6. The van der Waals surface area contributed by atoms with Gasteiger partial charge in [0.2, 0.25) is 0 Å². The first-order valence-corrected chi connectivity index (χ1v) is 12.5. The highest BCUT2D eigenvalue weighted by molar-refractivity contribution is 5.98. The van der Waals surface area contributed by atoms with Gasteiger partial charge in [-0.15, -0.1) is 0 Å². The van der Waals surface area contributed by atoms with E-state index in [9.17, 15) is 31.1 Å². The molecule has 0 spiro atoms. The molecule has 0 atom stereocenters. The summed E-state index contributed by atoms with van der Waals surface area (Å²) in [6.45, 7) is 1.15. The van der Waals surface area contributed by atoms with E-state index in [1.165, 1.54) is 24.3 Å². The molecule has 1 heterocycles. The number of halogens is 6. The predicted molar refractivity (Wildman–Crippen MR) is 138 cm³/mol. The van der Waals surface area contributed by atoms with Gasteiger partial charge in [-0.25, -0.2) is 4.79 Å². The lowest BCUT2D eigenvalue weighted by atomic mass is 9.98. The van der Waals surface area contributed by atoms with Gasteiger partial charge in [0, 0.05) is 19.6 Å². The summed E-state index contributed by atoms with van der Waals surface area (Å²) in [4.78, 5) is 15.0. The molecule has 1 aliphatic rings. The van der Waals surface area contributed by atoms with Crippen LogP contribution in [0, 0.1) is 0 Å². The van der Waals surface area contributed by atoms with E-state index in [1.54, 1.807) is 48.5 Å². The third kappa shape index (κ3) is 6.04. The monoisotopic (exact) mass is 555 g/mol. The molecule has 9 heteroatoms. The van der Waals surface area contributed by atoms with Crippen LogP contribution in [0.15, 0.2) is 91.0 Å². The second kappa shape index (κ2) is 10.8. The molecule has 0 aromatic heterocycles. The molecular formula is C31H23F6NO2. The molecule has 0 bridgehead atoms. The predicted octanol–water partition coefficient (Wildman–Crippen LogP) is 8.17. The minimum absolute atomic E-state index is 0.159. The number of rotatable bonds is 5. The molecule has 0 saturated heterocycles. The molecule has 0 amide bonds. The molecule has 206 valence electrons. The van der Waals surface area contributed by atoms with Crippen LogP contribution >= 0.6 is 0 Å². The lowest BCUT2D eigenvalue weighted by Gasteiger charge is -2.29. The maximum Gasteiger partial charge on any atom is 0.416 e. The molecule has 5 rings (SSSR count). The second-order valence-electron chi connectivity index (χ2n) is 9.56. The fourth-order valence-corrected chi connectivity index (χ4v) is 4.88. The lowest BCUT2D eigenvalue weighted by Crippen LogP contribution is -2.31. The van der Waals surface area contributed by atoms with E-state index in [0.717, 1.165) is 29.3 Å². The van der Waals surface area contributed by atoms with E-state index in [2.05, 4.69) is 0 Å². The maximum atomic E-state index is 13.4. The van der Waals surface area contributed by atoms with Gasteiger partial charge < -0.3 is 4.74 Å². The van der Waals surface area contributed by atoms with E-state index in [4.69, 9.17) is 4.74 Å². The fraction of sp³-hybridized carbons (Fsp3) is 0.194. The maximum absolute atomic E-state index is 13.4. The number of carbonyl (C=O) groups excluding carboxylic acids is 1. The summed E-state index contributed by atoms with van der Waals surface area (Å²) in [6, 6.07) is 21.8. The molecular weight excluding hydrogens is 532 g/mol. The van der Waals surface area contributed by atoms with Crippen molar-refractivity contribution in [1.29, 1.82) is 0 Å². The van der Waals surface area contributed by atoms with Crippen LogP contribution in [0.5, 0.6) is 5.75 Å². The van der Waals surface area contributed by atoms with Crippen molar-refractivity contribution < 1.29 is 35.9 Å². The van der Waals surface area contributed by atoms with Crippen molar-refractivity contribution in [2.45, 2.75) is 31.9 Å². The van der Waals surface area contributed by atoms with Gasteiger partial charge >= 0.3 is 18.3 Å². The molecule has 0 unspecified atom stereocenters. The lowest BCUT2D eigenvalue weighted by molar-refractivity contribution is -0.139. The Morgan fingerprint density at radius 2 is 1.48 bits per heavy atom. The third-order valence-corrected chi connectivity index (χ3v) is 6.87. The number of carbonyl (C=O) groups is 1. The van der Waals surface area contributed by atoms with E-state index >= 15 is 0 Å². The van der Waals surface area contributed by atoms with Crippen molar-refractivity contribution in [3.63, 3.8) is 0 Å². The smallest absolute Gasteiger partial charge is 0.416 e. The quantitative estimate of drug-likeness (QED) is 0.141. The minimum atomic E-state index is -4.46. The van der Waals surface area contributed by atoms with Crippen molar-refractivity contribution in [3.05, 3.63) is 124 Å². The van der Waals surface area contributed by atoms with Gasteiger partial charge in [-0.2, -0.15) is 26.3 Å². The molecule has 1 aliphatic heterocycles. The van der Waals surface area contributed by atoms with Crippen LogP contribution in [0.3, 0.4) is 0 Å². The first-order chi connectivity index (χ1) is 19.0. The molecule has 4 aromatic carbocycles. The number of hydrogen-bond acceptors (Lipinski definition) is 3. The van der Waals surface area contributed by atoms with Gasteiger partial charge in [0.15, 0.2) is 0 Å². The van der Waals surface area contributed by atoms with Crippen molar-refractivity contribution in [1.82, 2.24) is 4.90 Å². The molecule has 0 fully saturated rings. The summed E-state index contributed by atoms with van der Waals surface area (Å²) in [5, 5.41) is 0. The van der Waals surface area contributed by atoms with Crippen LogP contribution in [0.4, 0.5) is 26.3 Å². The van der Waals surface area contributed by atoms with Crippen LogP contribution < -0.4 is 4.74 Å². The highest BCUT2D eigenvalue weighted by Crippen LogP contribution is 2.34. The zero-order valence-electron chi connectivity index (χ0n) is 21.0. The Kier molecular flexibility index (Phi) is 7.42. The summed E-state index contributed by atoms with van der Waals surface area (Å²) in [5.74, 6) is -0.349. The van der Waals surface area contributed by atoms with Gasteiger partial charge in [0.25, 0.3) is 0 Å². The Hall–Kier alpha value is -4.11. The fourth-order valence-electron chi connectivity index (χ4n) is 4.88. The van der Waals surface area contributed by atoms with Crippen molar-refractivity contribution in [2.75, 3.05) is 6.54 Å². The summed E-state index contributed by atoms with van der Waals surface area (Å²) in [7, 11) is 0. The number of ether oxygens (including phenoxy) is 1. The van der Waals surface area contributed by atoms with Crippen molar-refractivity contribution in [2.24, 2.45) is 0 Å². The number of hydrogen-bond donors (Lipinski definition) is 0. The standard InChI is InChI=1S/C31H23F6NO2/c32-30(33,34)24-12-9-20(10-13-24)26-6-2-3-7-27(26)29(39)40-25-14-11-22-18-38(16-15-21(22)17-25)19-23-5-1-4-8-28(23)31(35,36)37/h1-14,17H,15-16,18-19H2. The third-order valence-electron chi connectivity index (χ3n) is 6.87. The molecule has 0 aliphatic carbocycles. The molecule has 4 aromatic rings. The number of benzene rings is 4. The molecule has 0 N–H and O–H groups in total. The molecule has 3 nitrogen and oxygen atoms in total. The Balaban J connectivity index is 1.30. The second-order valence-corrected chi connectivity index (χ2v) is 9.56. The van der Waals surface area contributed by atoms with Crippen LogP contribution in [-0.2, 0) is 31.9 Å². The highest BCUT2D eigenvalue weighted by atomic mass is 19.4. The molecule has 0 radical (unpaired) electrons. The Bertz CT molecular complexity index is 1530. The van der Waals surface area contributed by atoms with Crippen LogP contribution in [0.25, 0.3) is 11.1 Å². The highest BCUT2D eigenvalue weighted by Gasteiger charge is 2.33. The largest absolute Gasteiger partial charge is 0.423 e. The SMILES string of the molecule is O=C(Oc1ccc2c(c1)CCN(Cc1ccccc1C(F)(F)F)C2)c1ccccc1-c1ccc(C(F)(F)F)cc1. The van der Waals surface area contributed by atoms with Gasteiger partial charge in [-0.05, 0) is 70.6 Å². The zero-order chi connectivity index (χ0) is 28.5. The van der Waals surface area contributed by atoms with Gasteiger partial charge in [0.05, 0.1) is 16.7 Å². The number of esters is 1.